The molecule has 0 aromatic carbocycles. The fourth-order valence-electron chi connectivity index (χ4n) is 2.10. The highest BCUT2D eigenvalue weighted by Crippen LogP contribution is 2.66. The van der Waals surface area contributed by atoms with Gasteiger partial charge in [0.1, 0.15) is 0 Å². The third-order valence-corrected chi connectivity index (χ3v) is 10.7. The van der Waals surface area contributed by atoms with Crippen LogP contribution in [0.1, 0.15) is 6.42 Å². The summed E-state index contributed by atoms with van der Waals surface area (Å²) in [6.07, 6.45) is 5.17. The van der Waals surface area contributed by atoms with Crippen LogP contribution in [-0.4, -0.2) is 21.5 Å². The molecule has 2 aromatic rings. The monoisotopic (exact) mass is 264 g/mol. The van der Waals surface area contributed by atoms with Crippen LogP contribution in [0.3, 0.4) is 0 Å². The number of hydrogen-bond donors (Lipinski definition) is 2. The lowest BCUT2D eigenvalue weighted by Gasteiger charge is -2.26. The SMILES string of the molecule is c1ccc([SH]2CCC[SH]2c2ccccn2)nc1. The molecule has 1 aliphatic heterocycles. The summed E-state index contributed by atoms with van der Waals surface area (Å²) in [5.41, 5.74) is 0. The number of pyridine rings is 2. The quantitative estimate of drug-likeness (QED) is 0.643. The number of nitrogens with zero attached hydrogens (tertiary/aromatic N) is 2. The molecule has 4 heteroatoms. The van der Waals surface area contributed by atoms with E-state index in [1.807, 2.05) is 24.5 Å². The Morgan fingerprint density at radius 2 is 1.29 bits per heavy atom. The van der Waals surface area contributed by atoms with Crippen molar-refractivity contribution in [3.05, 3.63) is 48.8 Å². The minimum absolute atomic E-state index is 0.0887. The first-order chi connectivity index (χ1) is 8.45. The van der Waals surface area contributed by atoms with Gasteiger partial charge >= 0.3 is 0 Å². The van der Waals surface area contributed by atoms with E-state index in [1.54, 1.807) is 0 Å². The van der Waals surface area contributed by atoms with Gasteiger partial charge in [-0.15, -0.1) is 0 Å². The van der Waals surface area contributed by atoms with Crippen LogP contribution < -0.4 is 0 Å². The lowest BCUT2D eigenvalue weighted by Crippen LogP contribution is -1.89. The van der Waals surface area contributed by atoms with Crippen molar-refractivity contribution in [1.82, 2.24) is 9.97 Å². The topological polar surface area (TPSA) is 25.8 Å². The largest absolute Gasteiger partial charge is 0.251 e. The zero-order valence-electron chi connectivity index (χ0n) is 9.53. The molecule has 2 atom stereocenters. The molecule has 0 spiro atoms. The summed E-state index contributed by atoms with van der Waals surface area (Å²) in [4.78, 5) is 9.11. The van der Waals surface area contributed by atoms with Crippen molar-refractivity contribution < 1.29 is 0 Å². The van der Waals surface area contributed by atoms with E-state index in [2.05, 4.69) is 34.2 Å². The van der Waals surface area contributed by atoms with E-state index >= 15 is 0 Å². The molecular formula is C13H16N2S2. The van der Waals surface area contributed by atoms with Crippen molar-refractivity contribution in [1.29, 1.82) is 0 Å². The molecule has 1 saturated heterocycles. The molecule has 17 heavy (non-hydrogen) atoms. The third kappa shape index (κ3) is 2.33. The summed E-state index contributed by atoms with van der Waals surface area (Å²) < 4.78 is 0. The zero-order valence-corrected chi connectivity index (χ0v) is 11.3. The third-order valence-electron chi connectivity index (χ3n) is 2.86. The molecule has 0 saturated carbocycles. The zero-order chi connectivity index (χ0) is 11.5. The van der Waals surface area contributed by atoms with Crippen molar-refractivity contribution in [3.8, 4) is 0 Å². The van der Waals surface area contributed by atoms with Crippen LogP contribution in [-0.2, 0) is 0 Å². The van der Waals surface area contributed by atoms with Gasteiger partial charge in [0.15, 0.2) is 0 Å². The molecule has 2 aromatic heterocycles. The molecule has 3 heterocycles. The molecule has 0 radical (unpaired) electrons. The van der Waals surface area contributed by atoms with Crippen molar-refractivity contribution >= 4 is 19.9 Å². The Labute approximate surface area is 107 Å². The van der Waals surface area contributed by atoms with Gasteiger partial charge in [0.05, 0.1) is 10.1 Å². The molecule has 1 aliphatic rings. The summed E-state index contributed by atoms with van der Waals surface area (Å²) in [5.74, 6) is 2.66. The van der Waals surface area contributed by atoms with Crippen LogP contribution in [0.15, 0.2) is 58.8 Å². The van der Waals surface area contributed by atoms with Gasteiger partial charge < -0.3 is 0 Å². The summed E-state index contributed by atoms with van der Waals surface area (Å²) in [6.45, 7) is 0. The molecule has 2 unspecified atom stereocenters. The second-order valence-electron chi connectivity index (χ2n) is 3.98. The van der Waals surface area contributed by atoms with Crippen molar-refractivity contribution in [2.45, 2.75) is 16.5 Å². The number of rotatable bonds is 2. The van der Waals surface area contributed by atoms with Crippen molar-refractivity contribution in [3.63, 3.8) is 0 Å². The second kappa shape index (κ2) is 5.10. The number of hydrogen-bond acceptors (Lipinski definition) is 2. The van der Waals surface area contributed by atoms with E-state index in [-0.39, 0.29) is 19.9 Å². The minimum Gasteiger partial charge on any atom is -0.251 e. The maximum Gasteiger partial charge on any atom is 0.0839 e. The van der Waals surface area contributed by atoms with Gasteiger partial charge in [0, 0.05) is 12.4 Å². The van der Waals surface area contributed by atoms with E-state index in [0.29, 0.717) is 0 Å². The molecule has 0 aliphatic carbocycles. The normalized spacial score (nSPS) is 28.0. The van der Waals surface area contributed by atoms with Crippen LogP contribution in [0.2, 0.25) is 0 Å². The van der Waals surface area contributed by atoms with Crippen molar-refractivity contribution in [2.75, 3.05) is 11.5 Å². The predicted molar refractivity (Wildman–Crippen MR) is 77.3 cm³/mol. The standard InChI is InChI=1S/C13H16N2S2/c1-3-8-14-12(6-1)16-10-5-11-17(16)13-7-2-4-9-15-13/h1-4,6-9,16-17H,5,10-11H2. The van der Waals surface area contributed by atoms with Gasteiger partial charge in [-0.05, 0) is 42.2 Å². The van der Waals surface area contributed by atoms with Crippen molar-refractivity contribution in [2.24, 2.45) is 0 Å². The summed E-state index contributed by atoms with van der Waals surface area (Å²) in [7, 11) is -0.177. The van der Waals surface area contributed by atoms with E-state index in [4.69, 9.17) is 0 Å². The summed E-state index contributed by atoms with van der Waals surface area (Å²) in [6, 6.07) is 12.6. The Hall–Kier alpha value is -1.00. The first-order valence-electron chi connectivity index (χ1n) is 5.82. The van der Waals surface area contributed by atoms with Gasteiger partial charge in [-0.1, -0.05) is 12.1 Å². The molecule has 90 valence electrons. The first-order valence-corrected chi connectivity index (χ1v) is 9.58. The highest BCUT2D eigenvalue weighted by atomic mass is 33.2. The minimum atomic E-state index is -0.0887. The highest BCUT2D eigenvalue weighted by molar-refractivity contribution is 8.93. The Balaban J connectivity index is 1.91. The smallest absolute Gasteiger partial charge is 0.0839 e. The lowest BCUT2D eigenvalue weighted by molar-refractivity contribution is 1.09. The maximum absolute atomic E-state index is 4.55. The first kappa shape index (κ1) is 11.1. The number of aromatic nitrogens is 2. The second-order valence-corrected chi connectivity index (χ2v) is 10.3. The van der Waals surface area contributed by atoms with Gasteiger partial charge in [-0.25, -0.2) is 0 Å². The van der Waals surface area contributed by atoms with Gasteiger partial charge in [-0.3, -0.25) is 9.97 Å². The van der Waals surface area contributed by atoms with Crippen LogP contribution in [0.4, 0.5) is 0 Å². The molecule has 2 nitrogen and oxygen atoms in total. The molecule has 0 N–H and O–H groups in total. The molecule has 0 amide bonds. The fourth-order valence-corrected chi connectivity index (χ4v) is 10.1. The summed E-state index contributed by atoms with van der Waals surface area (Å²) >= 11 is 0. The van der Waals surface area contributed by atoms with E-state index < -0.39 is 0 Å². The maximum atomic E-state index is 4.55. The Bertz CT molecular complexity index is 430. The molecule has 1 fully saturated rings. The Kier molecular flexibility index (Phi) is 3.34. The van der Waals surface area contributed by atoms with E-state index in [1.165, 1.54) is 28.0 Å². The summed E-state index contributed by atoms with van der Waals surface area (Å²) in [5, 5.41) is 2.63. The average molecular weight is 264 g/mol. The Morgan fingerprint density at radius 3 is 1.71 bits per heavy atom. The molecule has 0 bridgehead atoms. The van der Waals surface area contributed by atoms with Crippen LogP contribution in [0.25, 0.3) is 0 Å². The average Bonchev–Trinajstić information content (AvgIpc) is 2.90. The highest BCUT2D eigenvalue weighted by Gasteiger charge is 2.24. The fraction of sp³-hybridized carbons (Fsp3) is 0.231. The molecular weight excluding hydrogens is 248 g/mol. The lowest BCUT2D eigenvalue weighted by atomic mass is 10.5. The van der Waals surface area contributed by atoms with Crippen LogP contribution in [0, 0.1) is 0 Å². The van der Waals surface area contributed by atoms with Crippen LogP contribution >= 0.6 is 19.9 Å². The van der Waals surface area contributed by atoms with Gasteiger partial charge in [0.2, 0.25) is 0 Å². The predicted octanol–water partition coefficient (Wildman–Crippen LogP) is 3.22. The van der Waals surface area contributed by atoms with Gasteiger partial charge in [-0.2, -0.15) is 19.9 Å². The van der Waals surface area contributed by atoms with E-state index in [9.17, 15) is 0 Å². The van der Waals surface area contributed by atoms with E-state index in [0.717, 1.165) is 0 Å². The molecule has 3 rings (SSSR count). The van der Waals surface area contributed by atoms with Gasteiger partial charge in [0.25, 0.3) is 0 Å². The Morgan fingerprint density at radius 1 is 0.765 bits per heavy atom. The van der Waals surface area contributed by atoms with Crippen LogP contribution in [0.5, 0.6) is 0 Å². The number of thiol groups is 2.